The molecule has 11 aromatic rings. The Morgan fingerprint density at radius 3 is 1.88 bits per heavy atom. The van der Waals surface area contributed by atoms with Crippen molar-refractivity contribution in [3.63, 3.8) is 0 Å². The van der Waals surface area contributed by atoms with Gasteiger partial charge in [-0.2, -0.15) is 0 Å². The molecule has 0 saturated carbocycles. The van der Waals surface area contributed by atoms with Crippen LogP contribution in [0.15, 0.2) is 179 Å². The Hall–Kier alpha value is -6.78. The number of anilines is 3. The third kappa shape index (κ3) is 3.93. The van der Waals surface area contributed by atoms with E-state index in [1.54, 1.807) is 0 Å². The molecule has 3 aromatic heterocycles. The van der Waals surface area contributed by atoms with E-state index in [-0.39, 0.29) is 0 Å². The zero-order chi connectivity index (χ0) is 32.8. The average molecular weight is 641 g/mol. The van der Waals surface area contributed by atoms with Gasteiger partial charge in [-0.05, 0) is 84.2 Å². The number of fused-ring (bicyclic) bond motifs is 11. The number of aromatic nitrogens is 1. The van der Waals surface area contributed by atoms with Gasteiger partial charge in [-0.3, -0.25) is 0 Å². The molecule has 0 fully saturated rings. The lowest BCUT2D eigenvalue weighted by atomic mass is 10.0. The first-order valence-electron chi connectivity index (χ1n) is 16.9. The van der Waals surface area contributed by atoms with E-state index in [0.717, 1.165) is 77.5 Å². The van der Waals surface area contributed by atoms with Gasteiger partial charge >= 0.3 is 0 Å². The van der Waals surface area contributed by atoms with Gasteiger partial charge in [0.25, 0.3) is 0 Å². The lowest BCUT2D eigenvalue weighted by molar-refractivity contribution is 0.669. The van der Waals surface area contributed by atoms with E-state index in [2.05, 4.69) is 167 Å². The van der Waals surface area contributed by atoms with Gasteiger partial charge in [0.2, 0.25) is 0 Å². The van der Waals surface area contributed by atoms with E-state index in [4.69, 9.17) is 8.83 Å². The van der Waals surface area contributed by atoms with Crippen molar-refractivity contribution >= 4 is 93.5 Å². The summed E-state index contributed by atoms with van der Waals surface area (Å²) < 4.78 is 15.3. The molecular formula is C46H28N2O2. The monoisotopic (exact) mass is 640 g/mol. The standard InChI is InChI=1S/C46H28N2O2/c1-2-11-30(12-3-1)48-41-16-8-6-14-35(41)39-26-31(20-24-42(39)48)47(33-19-23-37-36-15-7-9-17-43(36)49-45(37)28-33)32-21-25-44-40(27-32)38-22-18-29-10-4-5-13-34(29)46(38)50-44/h1-28H. The Labute approximate surface area is 286 Å². The quantitative estimate of drug-likeness (QED) is 0.192. The van der Waals surface area contributed by atoms with Crippen LogP contribution < -0.4 is 4.90 Å². The van der Waals surface area contributed by atoms with E-state index in [1.807, 2.05) is 12.1 Å². The van der Waals surface area contributed by atoms with Crippen LogP contribution in [0.2, 0.25) is 0 Å². The lowest BCUT2D eigenvalue weighted by Crippen LogP contribution is -2.09. The minimum absolute atomic E-state index is 0.858. The zero-order valence-corrected chi connectivity index (χ0v) is 26.9. The van der Waals surface area contributed by atoms with Gasteiger partial charge < -0.3 is 18.3 Å². The van der Waals surface area contributed by atoms with Crippen molar-refractivity contribution < 1.29 is 8.83 Å². The summed E-state index contributed by atoms with van der Waals surface area (Å²) in [5.74, 6) is 0. The Bertz CT molecular complexity index is 3110. The van der Waals surface area contributed by atoms with Crippen molar-refractivity contribution in [1.82, 2.24) is 4.57 Å². The van der Waals surface area contributed by atoms with Crippen molar-refractivity contribution in [2.75, 3.05) is 4.90 Å². The van der Waals surface area contributed by atoms with E-state index in [9.17, 15) is 0 Å². The van der Waals surface area contributed by atoms with Crippen LogP contribution in [0.25, 0.3) is 82.1 Å². The van der Waals surface area contributed by atoms with Crippen molar-refractivity contribution in [3.8, 4) is 5.69 Å². The highest BCUT2D eigenvalue weighted by Gasteiger charge is 2.20. The largest absolute Gasteiger partial charge is 0.456 e. The molecule has 0 aliphatic heterocycles. The van der Waals surface area contributed by atoms with Gasteiger partial charge in [-0.25, -0.2) is 0 Å². The molecule has 3 heterocycles. The first-order valence-corrected chi connectivity index (χ1v) is 16.9. The molecular weight excluding hydrogens is 613 g/mol. The Kier molecular flexibility index (Phi) is 5.63. The molecule has 0 unspecified atom stereocenters. The van der Waals surface area contributed by atoms with Gasteiger partial charge in [0.1, 0.15) is 22.3 Å². The van der Waals surface area contributed by atoms with Crippen LogP contribution in [0.1, 0.15) is 0 Å². The predicted octanol–water partition coefficient (Wildman–Crippen LogP) is 13.2. The van der Waals surface area contributed by atoms with Crippen LogP contribution in [0.5, 0.6) is 0 Å². The maximum absolute atomic E-state index is 6.52. The fraction of sp³-hybridized carbons (Fsp3) is 0. The fourth-order valence-corrected chi connectivity index (χ4v) is 7.89. The minimum Gasteiger partial charge on any atom is -0.456 e. The second-order valence-electron chi connectivity index (χ2n) is 12.9. The number of furan rings is 2. The van der Waals surface area contributed by atoms with Gasteiger partial charge in [0.15, 0.2) is 0 Å². The molecule has 0 radical (unpaired) electrons. The average Bonchev–Trinajstić information content (AvgIpc) is 3.84. The van der Waals surface area contributed by atoms with Crippen molar-refractivity contribution in [2.24, 2.45) is 0 Å². The molecule has 0 N–H and O–H groups in total. The molecule has 234 valence electrons. The van der Waals surface area contributed by atoms with E-state index in [0.29, 0.717) is 0 Å². The van der Waals surface area contributed by atoms with Crippen LogP contribution >= 0.6 is 0 Å². The summed E-state index contributed by atoms with van der Waals surface area (Å²) >= 11 is 0. The van der Waals surface area contributed by atoms with Crippen LogP contribution in [0.3, 0.4) is 0 Å². The SMILES string of the molecule is c1ccc(-n2c3ccccc3c3cc(N(c4ccc5c(c4)oc4ccccc45)c4ccc5oc6c7ccccc7ccc6c5c4)ccc32)cc1. The molecule has 4 heteroatoms. The minimum atomic E-state index is 0.858. The zero-order valence-electron chi connectivity index (χ0n) is 26.9. The highest BCUT2D eigenvalue weighted by Crippen LogP contribution is 2.43. The summed E-state index contributed by atoms with van der Waals surface area (Å²) in [6.45, 7) is 0. The molecule has 4 nitrogen and oxygen atoms in total. The highest BCUT2D eigenvalue weighted by atomic mass is 16.3. The summed E-state index contributed by atoms with van der Waals surface area (Å²) in [6.07, 6.45) is 0. The van der Waals surface area contributed by atoms with Crippen LogP contribution in [0, 0.1) is 0 Å². The maximum Gasteiger partial charge on any atom is 0.143 e. The molecule has 50 heavy (non-hydrogen) atoms. The molecule has 0 saturated heterocycles. The number of para-hydroxylation sites is 3. The molecule has 0 atom stereocenters. The van der Waals surface area contributed by atoms with E-state index >= 15 is 0 Å². The molecule has 8 aromatic carbocycles. The van der Waals surface area contributed by atoms with Crippen molar-refractivity contribution in [2.45, 2.75) is 0 Å². The van der Waals surface area contributed by atoms with Crippen LogP contribution in [-0.4, -0.2) is 4.57 Å². The third-order valence-electron chi connectivity index (χ3n) is 10.2. The molecule has 0 bridgehead atoms. The number of hydrogen-bond donors (Lipinski definition) is 0. The number of hydrogen-bond acceptors (Lipinski definition) is 3. The fourth-order valence-electron chi connectivity index (χ4n) is 7.89. The van der Waals surface area contributed by atoms with Crippen LogP contribution in [0.4, 0.5) is 17.1 Å². The van der Waals surface area contributed by atoms with Gasteiger partial charge in [0, 0.05) is 66.5 Å². The molecule has 0 aliphatic carbocycles. The number of benzene rings is 8. The maximum atomic E-state index is 6.52. The first kappa shape index (κ1) is 27.2. The number of rotatable bonds is 4. The number of nitrogens with zero attached hydrogens (tertiary/aromatic N) is 2. The van der Waals surface area contributed by atoms with Gasteiger partial charge in [-0.15, -0.1) is 0 Å². The third-order valence-corrected chi connectivity index (χ3v) is 10.2. The summed E-state index contributed by atoms with van der Waals surface area (Å²) in [7, 11) is 0. The van der Waals surface area contributed by atoms with Gasteiger partial charge in [0.05, 0.1) is 11.0 Å². The Balaban J connectivity index is 1.17. The van der Waals surface area contributed by atoms with Crippen LogP contribution in [-0.2, 0) is 0 Å². The highest BCUT2D eigenvalue weighted by molar-refractivity contribution is 6.16. The smallest absolute Gasteiger partial charge is 0.143 e. The molecule has 11 rings (SSSR count). The van der Waals surface area contributed by atoms with E-state index < -0.39 is 0 Å². The Morgan fingerprint density at radius 1 is 0.360 bits per heavy atom. The second kappa shape index (κ2) is 10.4. The Morgan fingerprint density at radius 2 is 0.980 bits per heavy atom. The topological polar surface area (TPSA) is 34.5 Å². The van der Waals surface area contributed by atoms with Crippen molar-refractivity contribution in [3.05, 3.63) is 170 Å². The van der Waals surface area contributed by atoms with Crippen molar-refractivity contribution in [1.29, 1.82) is 0 Å². The van der Waals surface area contributed by atoms with Gasteiger partial charge in [-0.1, -0.05) is 84.9 Å². The predicted molar refractivity (Wildman–Crippen MR) is 208 cm³/mol. The molecule has 0 aliphatic rings. The second-order valence-corrected chi connectivity index (χ2v) is 12.9. The summed E-state index contributed by atoms with van der Waals surface area (Å²) in [6, 6.07) is 60.2. The molecule has 0 amide bonds. The lowest BCUT2D eigenvalue weighted by Gasteiger charge is -2.26. The first-order chi connectivity index (χ1) is 24.8. The summed E-state index contributed by atoms with van der Waals surface area (Å²) in [5.41, 5.74) is 10.1. The normalized spacial score (nSPS) is 12.0. The molecule has 0 spiro atoms. The summed E-state index contributed by atoms with van der Waals surface area (Å²) in [4.78, 5) is 2.33. The summed E-state index contributed by atoms with van der Waals surface area (Å²) in [5, 5.41) is 9.11. The van der Waals surface area contributed by atoms with E-state index in [1.165, 1.54) is 21.7 Å².